The molecule has 0 radical (unpaired) electrons. The average Bonchev–Trinajstić information content (AvgIpc) is 2.78. The summed E-state index contributed by atoms with van der Waals surface area (Å²) in [5.41, 5.74) is 0.553. The molecule has 0 atom stereocenters. The standard InChI is InChI=1S/C11H11FN4O/c1-2-5-16-10(7-14-15-16)11(17)9-4-3-8(12)6-13-9/h3-4,6-7H,2,5H2,1H3. The van der Waals surface area contributed by atoms with Crippen molar-refractivity contribution in [2.45, 2.75) is 19.9 Å². The molecule has 0 fully saturated rings. The number of aromatic nitrogens is 4. The molecule has 0 N–H and O–H groups in total. The van der Waals surface area contributed by atoms with E-state index in [1.807, 2.05) is 6.92 Å². The van der Waals surface area contributed by atoms with Crippen LogP contribution in [0.5, 0.6) is 0 Å². The Morgan fingerprint density at radius 3 is 2.88 bits per heavy atom. The van der Waals surface area contributed by atoms with Crippen LogP contribution in [0.25, 0.3) is 0 Å². The van der Waals surface area contributed by atoms with Crippen molar-refractivity contribution < 1.29 is 9.18 Å². The van der Waals surface area contributed by atoms with E-state index in [4.69, 9.17) is 0 Å². The van der Waals surface area contributed by atoms with Crippen molar-refractivity contribution in [3.63, 3.8) is 0 Å². The normalized spacial score (nSPS) is 10.5. The van der Waals surface area contributed by atoms with Crippen LogP contribution in [0, 0.1) is 5.82 Å². The third-order valence-corrected chi connectivity index (χ3v) is 2.25. The minimum absolute atomic E-state index is 0.186. The Morgan fingerprint density at radius 2 is 2.24 bits per heavy atom. The molecule has 0 bridgehead atoms. The maximum atomic E-state index is 12.7. The first kappa shape index (κ1) is 11.4. The smallest absolute Gasteiger partial charge is 0.230 e. The quantitative estimate of drug-likeness (QED) is 0.751. The van der Waals surface area contributed by atoms with E-state index in [9.17, 15) is 9.18 Å². The van der Waals surface area contributed by atoms with Gasteiger partial charge in [0.25, 0.3) is 0 Å². The monoisotopic (exact) mass is 234 g/mol. The third kappa shape index (κ3) is 2.35. The van der Waals surface area contributed by atoms with Crippen LogP contribution in [0.1, 0.15) is 29.5 Å². The van der Waals surface area contributed by atoms with Crippen molar-refractivity contribution in [1.29, 1.82) is 0 Å². The lowest BCUT2D eigenvalue weighted by Crippen LogP contribution is -2.12. The van der Waals surface area contributed by atoms with Gasteiger partial charge in [-0.2, -0.15) is 0 Å². The first-order valence-electron chi connectivity index (χ1n) is 5.27. The van der Waals surface area contributed by atoms with E-state index >= 15 is 0 Å². The molecule has 0 aliphatic rings. The van der Waals surface area contributed by atoms with E-state index in [-0.39, 0.29) is 11.5 Å². The number of ketones is 1. The minimum Gasteiger partial charge on any atom is -0.285 e. The molecule has 0 aliphatic heterocycles. The van der Waals surface area contributed by atoms with Gasteiger partial charge >= 0.3 is 0 Å². The number of rotatable bonds is 4. The topological polar surface area (TPSA) is 60.7 Å². The predicted molar refractivity (Wildman–Crippen MR) is 57.9 cm³/mol. The number of halogens is 1. The van der Waals surface area contributed by atoms with E-state index in [2.05, 4.69) is 15.3 Å². The van der Waals surface area contributed by atoms with Crippen molar-refractivity contribution in [3.05, 3.63) is 41.7 Å². The first-order chi connectivity index (χ1) is 8.22. The zero-order valence-electron chi connectivity index (χ0n) is 9.30. The van der Waals surface area contributed by atoms with Gasteiger partial charge in [0.05, 0.1) is 12.4 Å². The molecule has 0 aromatic carbocycles. The van der Waals surface area contributed by atoms with Crippen LogP contribution in [-0.4, -0.2) is 25.8 Å². The Bertz CT molecular complexity index is 521. The van der Waals surface area contributed by atoms with E-state index in [0.29, 0.717) is 12.2 Å². The van der Waals surface area contributed by atoms with Crippen LogP contribution in [-0.2, 0) is 6.54 Å². The van der Waals surface area contributed by atoms with Gasteiger partial charge in [-0.15, -0.1) is 5.10 Å². The largest absolute Gasteiger partial charge is 0.285 e. The molecule has 0 saturated carbocycles. The molecular weight excluding hydrogens is 223 g/mol. The fraction of sp³-hybridized carbons (Fsp3) is 0.273. The fourth-order valence-electron chi connectivity index (χ4n) is 1.45. The van der Waals surface area contributed by atoms with Crippen molar-refractivity contribution in [2.75, 3.05) is 0 Å². The van der Waals surface area contributed by atoms with Gasteiger partial charge in [-0.25, -0.2) is 14.1 Å². The lowest BCUT2D eigenvalue weighted by molar-refractivity contribution is 0.102. The summed E-state index contributed by atoms with van der Waals surface area (Å²) in [5, 5.41) is 7.51. The molecule has 0 unspecified atom stereocenters. The lowest BCUT2D eigenvalue weighted by atomic mass is 10.2. The molecule has 2 rings (SSSR count). The molecular formula is C11H11FN4O. The fourth-order valence-corrected chi connectivity index (χ4v) is 1.45. The summed E-state index contributed by atoms with van der Waals surface area (Å²) in [6, 6.07) is 2.55. The van der Waals surface area contributed by atoms with Crippen LogP contribution < -0.4 is 0 Å². The van der Waals surface area contributed by atoms with Crippen LogP contribution in [0.3, 0.4) is 0 Å². The SMILES string of the molecule is CCCn1nncc1C(=O)c1ccc(F)cn1. The van der Waals surface area contributed by atoms with Crippen LogP contribution in [0.15, 0.2) is 24.5 Å². The van der Waals surface area contributed by atoms with Gasteiger partial charge in [0.2, 0.25) is 5.78 Å². The van der Waals surface area contributed by atoms with E-state index < -0.39 is 5.82 Å². The first-order valence-corrected chi connectivity index (χ1v) is 5.27. The molecule has 2 aromatic heterocycles. The van der Waals surface area contributed by atoms with Crippen molar-refractivity contribution in [2.24, 2.45) is 0 Å². The van der Waals surface area contributed by atoms with Crippen molar-refractivity contribution in [1.82, 2.24) is 20.0 Å². The molecule has 0 saturated heterocycles. The van der Waals surface area contributed by atoms with Crippen LogP contribution >= 0.6 is 0 Å². The number of aryl methyl sites for hydroxylation is 1. The van der Waals surface area contributed by atoms with Gasteiger partial charge in [0, 0.05) is 6.54 Å². The molecule has 17 heavy (non-hydrogen) atoms. The molecule has 5 nitrogen and oxygen atoms in total. The van der Waals surface area contributed by atoms with E-state index in [0.717, 1.165) is 12.6 Å². The van der Waals surface area contributed by atoms with Gasteiger partial charge in [0.1, 0.15) is 17.2 Å². The highest BCUT2D eigenvalue weighted by Crippen LogP contribution is 2.07. The van der Waals surface area contributed by atoms with Gasteiger partial charge in [-0.3, -0.25) is 4.79 Å². The Kier molecular flexibility index (Phi) is 3.22. The minimum atomic E-state index is -0.471. The molecule has 2 aromatic rings. The molecule has 2 heterocycles. The average molecular weight is 234 g/mol. The molecule has 6 heteroatoms. The highest BCUT2D eigenvalue weighted by molar-refractivity contribution is 6.06. The Balaban J connectivity index is 2.30. The van der Waals surface area contributed by atoms with Crippen LogP contribution in [0.4, 0.5) is 4.39 Å². The second-order valence-electron chi connectivity index (χ2n) is 3.53. The summed E-state index contributed by atoms with van der Waals surface area (Å²) < 4.78 is 14.2. The van der Waals surface area contributed by atoms with Gasteiger partial charge in [-0.05, 0) is 18.6 Å². The van der Waals surface area contributed by atoms with Crippen LogP contribution in [0.2, 0.25) is 0 Å². The highest BCUT2D eigenvalue weighted by atomic mass is 19.1. The summed E-state index contributed by atoms with van der Waals surface area (Å²) in [7, 11) is 0. The highest BCUT2D eigenvalue weighted by Gasteiger charge is 2.16. The zero-order chi connectivity index (χ0) is 12.3. The Morgan fingerprint density at radius 1 is 1.41 bits per heavy atom. The van der Waals surface area contributed by atoms with E-state index in [1.54, 1.807) is 0 Å². The summed E-state index contributed by atoms with van der Waals surface area (Å²) in [4.78, 5) is 15.8. The molecule has 0 amide bonds. The maximum absolute atomic E-state index is 12.7. The summed E-state index contributed by atoms with van der Waals surface area (Å²) in [5.74, 6) is -0.773. The number of hydrogen-bond donors (Lipinski definition) is 0. The van der Waals surface area contributed by atoms with Gasteiger partial charge in [-0.1, -0.05) is 12.1 Å². The lowest BCUT2D eigenvalue weighted by Gasteiger charge is -2.02. The molecule has 0 spiro atoms. The maximum Gasteiger partial charge on any atom is 0.230 e. The van der Waals surface area contributed by atoms with E-state index in [1.165, 1.54) is 23.0 Å². The van der Waals surface area contributed by atoms with Crippen molar-refractivity contribution in [3.8, 4) is 0 Å². The van der Waals surface area contributed by atoms with Gasteiger partial charge in [0.15, 0.2) is 0 Å². The number of carbonyl (C=O) groups excluding carboxylic acids is 1. The third-order valence-electron chi connectivity index (χ3n) is 2.25. The zero-order valence-corrected chi connectivity index (χ0v) is 9.30. The number of carbonyl (C=O) groups is 1. The Labute approximate surface area is 97.3 Å². The number of nitrogens with zero attached hydrogens (tertiary/aromatic N) is 4. The number of pyridine rings is 1. The Hall–Kier alpha value is -2.11. The van der Waals surface area contributed by atoms with Gasteiger partial charge < -0.3 is 0 Å². The summed E-state index contributed by atoms with van der Waals surface area (Å²) >= 11 is 0. The molecule has 0 aliphatic carbocycles. The second kappa shape index (κ2) is 4.82. The number of hydrogen-bond acceptors (Lipinski definition) is 4. The predicted octanol–water partition coefficient (Wildman–Crippen LogP) is 1.45. The summed E-state index contributed by atoms with van der Waals surface area (Å²) in [6.45, 7) is 2.59. The second-order valence-corrected chi connectivity index (χ2v) is 3.53. The summed E-state index contributed by atoms with van der Waals surface area (Å²) in [6.07, 6.45) is 3.25. The molecule has 88 valence electrons. The van der Waals surface area contributed by atoms with Crippen molar-refractivity contribution >= 4 is 5.78 Å².